The molecule has 0 saturated heterocycles. The van der Waals surface area contributed by atoms with Gasteiger partial charge < -0.3 is 13.9 Å². The summed E-state index contributed by atoms with van der Waals surface area (Å²) in [6.45, 7) is 7.77. The lowest BCUT2D eigenvalue weighted by Gasteiger charge is -2.63. The van der Waals surface area contributed by atoms with Crippen LogP contribution in [0.1, 0.15) is 65.0 Å². The average Bonchev–Trinajstić information content (AvgIpc) is 3.32. The van der Waals surface area contributed by atoms with Gasteiger partial charge in [0.1, 0.15) is 17.7 Å². The number of ketones is 2. The second-order valence-corrected chi connectivity index (χ2v) is 11.5. The summed E-state index contributed by atoms with van der Waals surface area (Å²) < 4.78 is 16.0. The average molecular weight is 469 g/mol. The third-order valence-electron chi connectivity index (χ3n) is 9.70. The molecule has 0 amide bonds. The lowest BCUT2D eigenvalue weighted by Crippen LogP contribution is -2.66. The number of methoxy groups -OCH3 is 1. The minimum Gasteiger partial charge on any atom is -0.472 e. The van der Waals surface area contributed by atoms with Crippen LogP contribution >= 0.6 is 0 Å². The molecule has 0 aromatic carbocycles. The van der Waals surface area contributed by atoms with E-state index in [2.05, 4.69) is 6.92 Å². The molecule has 182 valence electrons. The van der Waals surface area contributed by atoms with Crippen LogP contribution < -0.4 is 0 Å². The molecule has 3 aliphatic carbocycles. The van der Waals surface area contributed by atoms with Crippen molar-refractivity contribution >= 4 is 23.5 Å². The molecule has 1 aromatic rings. The standard InChI is InChI=1S/C27H32O7/c1-25(2)19(12-20(28)32-5)27(4)17-6-8-26(3)18(15(17)10-16(22(25)30)23(27)31)11-21(29)34-24(26)14-7-9-33-13-14/h7,9,11,13,15-17,19,24H,6,8,10,12H2,1-5H3/t15?,16-,17?,19-,24-,26+,27-/m0/s1. The fourth-order valence-corrected chi connectivity index (χ4v) is 7.93. The Morgan fingerprint density at radius 2 is 1.88 bits per heavy atom. The summed E-state index contributed by atoms with van der Waals surface area (Å²) in [5, 5.41) is 0. The normalized spacial score (nSPS) is 40.6. The topological polar surface area (TPSA) is 99.9 Å². The highest BCUT2D eigenvalue weighted by Crippen LogP contribution is 2.68. The van der Waals surface area contributed by atoms with Gasteiger partial charge in [-0.2, -0.15) is 0 Å². The summed E-state index contributed by atoms with van der Waals surface area (Å²) in [7, 11) is 1.33. The first-order valence-electron chi connectivity index (χ1n) is 12.1. The number of carbonyl (C=O) groups is 4. The van der Waals surface area contributed by atoms with Gasteiger partial charge in [0.15, 0.2) is 0 Å². The Balaban J connectivity index is 1.62. The Morgan fingerprint density at radius 3 is 2.53 bits per heavy atom. The van der Waals surface area contributed by atoms with Gasteiger partial charge >= 0.3 is 11.9 Å². The molecule has 1 aromatic heterocycles. The summed E-state index contributed by atoms with van der Waals surface area (Å²) in [5.74, 6) is -2.39. The highest BCUT2D eigenvalue weighted by atomic mass is 16.5. The van der Waals surface area contributed by atoms with Crippen LogP contribution in [0.15, 0.2) is 34.7 Å². The molecule has 7 nitrogen and oxygen atoms in total. The number of rotatable bonds is 3. The van der Waals surface area contributed by atoms with Crippen LogP contribution in [0, 0.1) is 39.9 Å². The zero-order valence-electron chi connectivity index (χ0n) is 20.4. The van der Waals surface area contributed by atoms with Gasteiger partial charge in [0.25, 0.3) is 0 Å². The van der Waals surface area contributed by atoms with Gasteiger partial charge in [-0.1, -0.05) is 27.7 Å². The van der Waals surface area contributed by atoms with E-state index in [1.165, 1.54) is 7.11 Å². The molecule has 7 heteroatoms. The van der Waals surface area contributed by atoms with Crippen molar-refractivity contribution in [1.29, 1.82) is 0 Å². The van der Waals surface area contributed by atoms with Gasteiger partial charge in [-0.15, -0.1) is 0 Å². The Morgan fingerprint density at radius 1 is 1.15 bits per heavy atom. The predicted molar refractivity (Wildman–Crippen MR) is 120 cm³/mol. The van der Waals surface area contributed by atoms with Crippen molar-refractivity contribution in [1.82, 2.24) is 0 Å². The van der Waals surface area contributed by atoms with Gasteiger partial charge in [-0.05, 0) is 48.7 Å². The van der Waals surface area contributed by atoms with E-state index in [0.717, 1.165) is 24.0 Å². The smallest absolute Gasteiger partial charge is 0.331 e. The number of cyclic esters (lactones) is 1. The van der Waals surface area contributed by atoms with Crippen LogP contribution in [0.2, 0.25) is 0 Å². The molecule has 34 heavy (non-hydrogen) atoms. The summed E-state index contributed by atoms with van der Waals surface area (Å²) in [4.78, 5) is 52.6. The molecule has 3 fully saturated rings. The molecule has 2 heterocycles. The van der Waals surface area contributed by atoms with E-state index in [1.807, 2.05) is 26.8 Å². The second kappa shape index (κ2) is 7.40. The molecule has 0 N–H and O–H groups in total. The fourth-order valence-electron chi connectivity index (χ4n) is 7.93. The molecular formula is C27H32O7. The summed E-state index contributed by atoms with van der Waals surface area (Å²) in [6, 6.07) is 1.82. The maximum atomic E-state index is 13.8. The first-order valence-corrected chi connectivity index (χ1v) is 12.1. The van der Waals surface area contributed by atoms with Crippen LogP contribution in [-0.4, -0.2) is 30.6 Å². The monoisotopic (exact) mass is 468 g/mol. The summed E-state index contributed by atoms with van der Waals surface area (Å²) in [5.41, 5.74) is -0.390. The second-order valence-electron chi connectivity index (χ2n) is 11.5. The van der Waals surface area contributed by atoms with E-state index in [4.69, 9.17) is 13.9 Å². The number of fused-ring (bicyclic) bond motifs is 6. The van der Waals surface area contributed by atoms with Crippen molar-refractivity contribution in [2.45, 2.75) is 59.5 Å². The molecule has 2 bridgehead atoms. The van der Waals surface area contributed by atoms with E-state index in [1.54, 1.807) is 18.6 Å². The number of Topliss-reactive ketones (excluding diaryl/α,β-unsaturated/α-hetero) is 2. The molecule has 2 unspecified atom stereocenters. The molecule has 7 atom stereocenters. The number of hydrogen-bond acceptors (Lipinski definition) is 7. The van der Waals surface area contributed by atoms with Gasteiger partial charge in [-0.25, -0.2) is 4.79 Å². The third-order valence-corrected chi connectivity index (χ3v) is 9.70. The maximum absolute atomic E-state index is 13.8. The highest BCUT2D eigenvalue weighted by molar-refractivity contribution is 6.11. The zero-order chi connectivity index (χ0) is 24.6. The summed E-state index contributed by atoms with van der Waals surface area (Å²) in [6.07, 6.45) is 6.16. The van der Waals surface area contributed by atoms with E-state index in [-0.39, 0.29) is 29.8 Å². The Bertz CT molecular complexity index is 1100. The largest absolute Gasteiger partial charge is 0.472 e. The van der Waals surface area contributed by atoms with E-state index < -0.39 is 46.1 Å². The van der Waals surface area contributed by atoms with Gasteiger partial charge in [0, 0.05) is 27.9 Å². The number of furan rings is 1. The highest BCUT2D eigenvalue weighted by Gasteiger charge is 2.69. The zero-order valence-corrected chi connectivity index (χ0v) is 20.4. The molecule has 1 aliphatic heterocycles. The Labute approximate surface area is 199 Å². The first kappa shape index (κ1) is 23.1. The van der Waals surface area contributed by atoms with Crippen LogP contribution in [-0.2, 0) is 28.7 Å². The number of ether oxygens (including phenoxy) is 2. The quantitative estimate of drug-likeness (QED) is 0.484. The van der Waals surface area contributed by atoms with Gasteiger partial charge in [-0.3, -0.25) is 14.4 Å². The lowest BCUT2D eigenvalue weighted by molar-refractivity contribution is -0.182. The van der Waals surface area contributed by atoms with Crippen LogP contribution in [0.3, 0.4) is 0 Å². The van der Waals surface area contributed by atoms with E-state index in [9.17, 15) is 19.2 Å². The predicted octanol–water partition coefficient (Wildman–Crippen LogP) is 4.22. The summed E-state index contributed by atoms with van der Waals surface area (Å²) >= 11 is 0. The van der Waals surface area contributed by atoms with Crippen molar-refractivity contribution in [3.05, 3.63) is 35.8 Å². The molecule has 3 saturated carbocycles. The van der Waals surface area contributed by atoms with Crippen molar-refractivity contribution in [2.24, 2.45) is 39.9 Å². The maximum Gasteiger partial charge on any atom is 0.331 e. The first-order chi connectivity index (χ1) is 16.0. The van der Waals surface area contributed by atoms with Gasteiger partial charge in [0.2, 0.25) is 0 Å². The molecule has 5 rings (SSSR count). The lowest BCUT2D eigenvalue weighted by atomic mass is 9.39. The Kier molecular flexibility index (Phi) is 5.02. The van der Waals surface area contributed by atoms with Crippen molar-refractivity contribution < 1.29 is 33.1 Å². The Hall–Kier alpha value is -2.70. The SMILES string of the molecule is COC(=O)C[C@H]1C(C)(C)C(=O)[C@@H]2CC3C4=CC(=O)O[C@@H](c5ccoc5)[C@]4(C)CCC3[C@]1(C)C2=O. The fraction of sp³-hybridized carbons (Fsp3) is 0.630. The van der Waals surface area contributed by atoms with E-state index in [0.29, 0.717) is 6.42 Å². The van der Waals surface area contributed by atoms with Crippen LogP contribution in [0.5, 0.6) is 0 Å². The molecule has 4 aliphatic rings. The van der Waals surface area contributed by atoms with Gasteiger partial charge in [0.05, 0.1) is 32.0 Å². The number of hydrogen-bond donors (Lipinski definition) is 0. The van der Waals surface area contributed by atoms with Crippen molar-refractivity contribution in [3.8, 4) is 0 Å². The van der Waals surface area contributed by atoms with Crippen molar-refractivity contribution in [3.63, 3.8) is 0 Å². The molecule has 0 radical (unpaired) electrons. The van der Waals surface area contributed by atoms with Crippen LogP contribution in [0.25, 0.3) is 0 Å². The number of esters is 2. The minimum atomic E-state index is -0.867. The molecular weight excluding hydrogens is 436 g/mol. The third kappa shape index (κ3) is 2.88. The number of carbonyl (C=O) groups excluding carboxylic acids is 4. The van der Waals surface area contributed by atoms with Crippen molar-refractivity contribution in [2.75, 3.05) is 7.11 Å². The minimum absolute atomic E-state index is 0.0173. The molecule has 0 spiro atoms. The van der Waals surface area contributed by atoms with Crippen LogP contribution in [0.4, 0.5) is 0 Å². The van der Waals surface area contributed by atoms with E-state index >= 15 is 0 Å².